The Balaban J connectivity index is 2.53. The molecule has 3 heteroatoms. The molecule has 0 saturated heterocycles. The number of aryl methyl sites for hydroxylation is 1. The summed E-state index contributed by atoms with van der Waals surface area (Å²) in [7, 11) is 1.96. The Labute approximate surface area is 113 Å². The highest BCUT2D eigenvalue weighted by Crippen LogP contribution is 2.29. The fourth-order valence-electron chi connectivity index (χ4n) is 2.19. The quantitative estimate of drug-likeness (QED) is 0.911. The summed E-state index contributed by atoms with van der Waals surface area (Å²) in [5, 5.41) is 4.15. The minimum absolute atomic E-state index is 0.123. The van der Waals surface area contributed by atoms with E-state index in [1.54, 1.807) is 0 Å². The zero-order valence-electron chi connectivity index (χ0n) is 10.9. The number of pyridine rings is 1. The first-order chi connectivity index (χ1) is 8.65. The summed E-state index contributed by atoms with van der Waals surface area (Å²) in [4.78, 5) is 4.22. The molecule has 2 nitrogen and oxygen atoms in total. The predicted molar refractivity (Wildman–Crippen MR) is 76.1 cm³/mol. The lowest BCUT2D eigenvalue weighted by molar-refractivity contribution is 0.680. The zero-order chi connectivity index (χ0) is 13.1. The Morgan fingerprint density at radius 1 is 1.17 bits per heavy atom. The van der Waals surface area contributed by atoms with Crippen LogP contribution in [0.1, 0.15) is 28.3 Å². The SMILES string of the molecule is CNC(c1cnccc1C)c1cccc(Cl)c1C. The number of hydrogen-bond acceptors (Lipinski definition) is 2. The molecule has 94 valence electrons. The van der Waals surface area contributed by atoms with Gasteiger partial charge in [-0.1, -0.05) is 23.7 Å². The molecular formula is C15H17ClN2. The highest BCUT2D eigenvalue weighted by atomic mass is 35.5. The average molecular weight is 261 g/mol. The van der Waals surface area contributed by atoms with Gasteiger partial charge in [0.05, 0.1) is 6.04 Å². The van der Waals surface area contributed by atoms with E-state index in [1.807, 2.05) is 44.6 Å². The van der Waals surface area contributed by atoms with Crippen LogP contribution < -0.4 is 5.32 Å². The van der Waals surface area contributed by atoms with Gasteiger partial charge in [-0.2, -0.15) is 0 Å². The highest BCUT2D eigenvalue weighted by molar-refractivity contribution is 6.31. The van der Waals surface area contributed by atoms with Crippen LogP contribution in [0, 0.1) is 13.8 Å². The lowest BCUT2D eigenvalue weighted by Crippen LogP contribution is -2.20. The summed E-state index contributed by atoms with van der Waals surface area (Å²) in [6.07, 6.45) is 3.73. The highest BCUT2D eigenvalue weighted by Gasteiger charge is 2.17. The van der Waals surface area contributed by atoms with Crippen molar-refractivity contribution >= 4 is 11.6 Å². The van der Waals surface area contributed by atoms with Gasteiger partial charge in [-0.05, 0) is 55.3 Å². The van der Waals surface area contributed by atoms with Crippen LogP contribution in [0.15, 0.2) is 36.7 Å². The molecule has 2 rings (SSSR count). The van der Waals surface area contributed by atoms with E-state index in [2.05, 4.69) is 23.3 Å². The second kappa shape index (κ2) is 5.51. The maximum Gasteiger partial charge on any atom is 0.0595 e. The summed E-state index contributed by atoms with van der Waals surface area (Å²) < 4.78 is 0. The van der Waals surface area contributed by atoms with E-state index in [9.17, 15) is 0 Å². The van der Waals surface area contributed by atoms with Crippen LogP contribution in [-0.2, 0) is 0 Å². The second-order valence-corrected chi connectivity index (χ2v) is 4.82. The number of halogens is 1. The molecule has 1 N–H and O–H groups in total. The summed E-state index contributed by atoms with van der Waals surface area (Å²) in [6.45, 7) is 4.15. The van der Waals surface area contributed by atoms with Crippen LogP contribution in [0.5, 0.6) is 0 Å². The fraction of sp³-hybridized carbons (Fsp3) is 0.267. The Morgan fingerprint density at radius 3 is 2.61 bits per heavy atom. The summed E-state index contributed by atoms with van der Waals surface area (Å²) in [6, 6.07) is 8.16. The number of rotatable bonds is 3. The Bertz CT molecular complexity index is 552. The number of hydrogen-bond donors (Lipinski definition) is 1. The van der Waals surface area contributed by atoms with E-state index in [-0.39, 0.29) is 6.04 Å². The van der Waals surface area contributed by atoms with E-state index >= 15 is 0 Å². The second-order valence-electron chi connectivity index (χ2n) is 4.41. The van der Waals surface area contributed by atoms with Crippen LogP contribution in [0.25, 0.3) is 0 Å². The summed E-state index contributed by atoms with van der Waals surface area (Å²) in [5.41, 5.74) is 4.72. The normalized spacial score (nSPS) is 12.4. The fourth-order valence-corrected chi connectivity index (χ4v) is 2.38. The van der Waals surface area contributed by atoms with Crippen molar-refractivity contribution in [2.24, 2.45) is 0 Å². The van der Waals surface area contributed by atoms with Gasteiger partial charge < -0.3 is 5.32 Å². The van der Waals surface area contributed by atoms with Gasteiger partial charge in [0.1, 0.15) is 0 Å². The van der Waals surface area contributed by atoms with Crippen molar-refractivity contribution in [2.75, 3.05) is 7.05 Å². The van der Waals surface area contributed by atoms with Crippen LogP contribution in [-0.4, -0.2) is 12.0 Å². The molecule has 0 aliphatic heterocycles. The molecule has 1 aromatic heterocycles. The Morgan fingerprint density at radius 2 is 1.94 bits per heavy atom. The molecule has 1 heterocycles. The van der Waals surface area contributed by atoms with Gasteiger partial charge in [-0.25, -0.2) is 0 Å². The lowest BCUT2D eigenvalue weighted by atomic mass is 9.94. The lowest BCUT2D eigenvalue weighted by Gasteiger charge is -2.21. The maximum atomic E-state index is 6.20. The summed E-state index contributed by atoms with van der Waals surface area (Å²) >= 11 is 6.20. The zero-order valence-corrected chi connectivity index (χ0v) is 11.6. The van der Waals surface area contributed by atoms with Crippen LogP contribution >= 0.6 is 11.6 Å². The number of aromatic nitrogens is 1. The molecule has 0 spiro atoms. The minimum atomic E-state index is 0.123. The van der Waals surface area contributed by atoms with Gasteiger partial charge in [0.25, 0.3) is 0 Å². The molecule has 1 unspecified atom stereocenters. The van der Waals surface area contributed by atoms with Gasteiger partial charge in [0.15, 0.2) is 0 Å². The number of benzene rings is 1. The summed E-state index contributed by atoms with van der Waals surface area (Å²) in [5.74, 6) is 0. The molecule has 0 bridgehead atoms. The minimum Gasteiger partial charge on any atom is -0.309 e. The van der Waals surface area contributed by atoms with Crippen LogP contribution in [0.2, 0.25) is 5.02 Å². The standard InChI is InChI=1S/C15H17ClN2/c1-10-7-8-18-9-13(10)15(17-3)12-5-4-6-14(16)11(12)2/h4-9,15,17H,1-3H3. The van der Waals surface area contributed by atoms with Crippen LogP contribution in [0.4, 0.5) is 0 Å². The third kappa shape index (κ3) is 2.40. The first-order valence-electron chi connectivity index (χ1n) is 5.98. The van der Waals surface area contributed by atoms with Crippen LogP contribution in [0.3, 0.4) is 0 Å². The first kappa shape index (κ1) is 13.1. The van der Waals surface area contributed by atoms with E-state index < -0.39 is 0 Å². The van der Waals surface area contributed by atoms with Gasteiger partial charge in [0.2, 0.25) is 0 Å². The van der Waals surface area contributed by atoms with Crippen molar-refractivity contribution in [3.63, 3.8) is 0 Å². The molecule has 1 aromatic carbocycles. The van der Waals surface area contributed by atoms with Crippen molar-refractivity contribution in [1.29, 1.82) is 0 Å². The van der Waals surface area contributed by atoms with Crippen molar-refractivity contribution in [2.45, 2.75) is 19.9 Å². The maximum absolute atomic E-state index is 6.20. The number of nitrogens with one attached hydrogen (secondary N) is 1. The monoisotopic (exact) mass is 260 g/mol. The Kier molecular flexibility index (Phi) is 4.00. The molecule has 0 saturated carbocycles. The van der Waals surface area contributed by atoms with Gasteiger partial charge in [0, 0.05) is 17.4 Å². The Hall–Kier alpha value is -1.38. The molecule has 0 fully saturated rings. The van der Waals surface area contributed by atoms with Crippen molar-refractivity contribution < 1.29 is 0 Å². The smallest absolute Gasteiger partial charge is 0.0595 e. The largest absolute Gasteiger partial charge is 0.309 e. The molecule has 2 aromatic rings. The van der Waals surface area contributed by atoms with Crippen molar-refractivity contribution in [3.05, 3.63) is 63.9 Å². The molecule has 0 radical (unpaired) electrons. The molecular weight excluding hydrogens is 244 g/mol. The third-order valence-corrected chi connectivity index (χ3v) is 3.71. The third-order valence-electron chi connectivity index (χ3n) is 3.30. The first-order valence-corrected chi connectivity index (χ1v) is 6.35. The molecule has 0 amide bonds. The predicted octanol–water partition coefficient (Wildman–Crippen LogP) is 3.66. The molecule has 0 aliphatic rings. The van der Waals surface area contributed by atoms with E-state index in [0.717, 1.165) is 10.6 Å². The molecule has 0 aliphatic carbocycles. The van der Waals surface area contributed by atoms with E-state index in [4.69, 9.17) is 11.6 Å². The van der Waals surface area contributed by atoms with Gasteiger partial charge in [-0.3, -0.25) is 4.98 Å². The topological polar surface area (TPSA) is 24.9 Å². The van der Waals surface area contributed by atoms with Gasteiger partial charge >= 0.3 is 0 Å². The van der Waals surface area contributed by atoms with Crippen molar-refractivity contribution in [3.8, 4) is 0 Å². The van der Waals surface area contributed by atoms with Crippen molar-refractivity contribution in [1.82, 2.24) is 10.3 Å². The van der Waals surface area contributed by atoms with Gasteiger partial charge in [-0.15, -0.1) is 0 Å². The van der Waals surface area contributed by atoms with E-state index in [0.29, 0.717) is 0 Å². The average Bonchev–Trinajstić information content (AvgIpc) is 2.37. The molecule has 18 heavy (non-hydrogen) atoms. The van der Waals surface area contributed by atoms with E-state index in [1.165, 1.54) is 16.7 Å². The molecule has 1 atom stereocenters. The number of nitrogens with zero attached hydrogens (tertiary/aromatic N) is 1.